The number of hydrogen-bond donors (Lipinski definition) is 3. The fraction of sp³-hybridized carbons (Fsp3) is 0.310. The van der Waals surface area contributed by atoms with Gasteiger partial charge >= 0.3 is 0 Å². The second-order valence-electron chi connectivity index (χ2n) is 10.2. The quantitative estimate of drug-likeness (QED) is 0.406. The topological polar surface area (TPSA) is 113 Å². The number of amides is 2. The number of halogens is 1. The number of primary amides is 1. The molecule has 1 saturated heterocycles. The predicted molar refractivity (Wildman–Crippen MR) is 143 cm³/mol. The molecule has 1 aromatic heterocycles. The van der Waals surface area contributed by atoms with Crippen LogP contribution in [0.15, 0.2) is 66.9 Å². The van der Waals surface area contributed by atoms with Crippen molar-refractivity contribution in [3.63, 3.8) is 0 Å². The van der Waals surface area contributed by atoms with Crippen LogP contribution in [0.5, 0.6) is 0 Å². The summed E-state index contributed by atoms with van der Waals surface area (Å²) in [6.45, 7) is 1.55. The molecule has 6 rings (SSSR count). The van der Waals surface area contributed by atoms with Gasteiger partial charge in [0.1, 0.15) is 11.6 Å². The van der Waals surface area contributed by atoms with Crippen molar-refractivity contribution in [2.45, 2.75) is 25.3 Å². The van der Waals surface area contributed by atoms with E-state index in [4.69, 9.17) is 10.7 Å². The first kappa shape index (κ1) is 24.1. The van der Waals surface area contributed by atoms with Gasteiger partial charge in [-0.15, -0.1) is 0 Å². The highest BCUT2D eigenvalue weighted by Gasteiger charge is 2.47. The highest BCUT2D eigenvalue weighted by molar-refractivity contribution is 5.95. The lowest BCUT2D eigenvalue weighted by atomic mass is 9.88. The Morgan fingerprint density at radius 2 is 1.79 bits per heavy atom. The predicted octanol–water partition coefficient (Wildman–Crippen LogP) is 4.35. The van der Waals surface area contributed by atoms with E-state index in [0.717, 1.165) is 32.4 Å². The van der Waals surface area contributed by atoms with Gasteiger partial charge in [0, 0.05) is 47.7 Å². The van der Waals surface area contributed by atoms with E-state index < -0.39 is 5.82 Å². The summed E-state index contributed by atoms with van der Waals surface area (Å²) in [4.78, 5) is 36.2. The molecule has 2 fully saturated rings. The number of likely N-dealkylation sites (tertiary alicyclic amines) is 1. The van der Waals surface area contributed by atoms with Crippen LogP contribution in [-0.2, 0) is 4.79 Å². The number of nitrogens with one attached hydrogen (secondary N) is 2. The van der Waals surface area contributed by atoms with E-state index in [2.05, 4.69) is 27.8 Å². The second-order valence-corrected chi connectivity index (χ2v) is 10.2. The second kappa shape index (κ2) is 9.89. The van der Waals surface area contributed by atoms with Crippen LogP contribution in [0.25, 0.3) is 11.1 Å². The highest BCUT2D eigenvalue weighted by Crippen LogP contribution is 2.45. The lowest BCUT2D eigenvalue weighted by Gasteiger charge is -2.28. The fourth-order valence-corrected chi connectivity index (χ4v) is 5.96. The number of fused-ring (bicyclic) bond motifs is 2. The summed E-state index contributed by atoms with van der Waals surface area (Å²) in [7, 11) is 0. The zero-order valence-electron chi connectivity index (χ0n) is 20.8. The number of anilines is 3. The van der Waals surface area contributed by atoms with E-state index in [-0.39, 0.29) is 41.6 Å². The lowest BCUT2D eigenvalue weighted by Crippen LogP contribution is -2.41. The summed E-state index contributed by atoms with van der Waals surface area (Å²) in [5, 5.41) is 6.60. The Bertz CT molecular complexity index is 1420. The van der Waals surface area contributed by atoms with E-state index >= 15 is 0 Å². The van der Waals surface area contributed by atoms with Crippen LogP contribution in [0.2, 0.25) is 0 Å². The monoisotopic (exact) mass is 512 g/mol. The number of benzene rings is 2. The van der Waals surface area contributed by atoms with Crippen molar-refractivity contribution < 1.29 is 14.0 Å². The Morgan fingerprint density at radius 3 is 2.58 bits per heavy atom. The normalized spacial score (nSPS) is 23.6. The molecule has 4 N–H and O–H groups in total. The molecule has 4 atom stereocenters. The van der Waals surface area contributed by atoms with E-state index in [1.165, 1.54) is 6.07 Å². The van der Waals surface area contributed by atoms with Gasteiger partial charge in [0.25, 0.3) is 5.91 Å². The van der Waals surface area contributed by atoms with Gasteiger partial charge in [-0.05, 0) is 55.4 Å². The Labute approximate surface area is 220 Å². The van der Waals surface area contributed by atoms with Gasteiger partial charge in [-0.1, -0.05) is 36.4 Å². The number of aromatic nitrogens is 2. The number of nitrogens with zero attached hydrogens (tertiary/aromatic N) is 3. The van der Waals surface area contributed by atoms with Gasteiger partial charge in [-0.25, -0.2) is 9.37 Å². The van der Waals surface area contributed by atoms with E-state index in [1.54, 1.807) is 36.5 Å². The van der Waals surface area contributed by atoms with Crippen LogP contribution in [-0.4, -0.2) is 45.8 Å². The van der Waals surface area contributed by atoms with Crippen molar-refractivity contribution in [3.8, 4) is 11.1 Å². The van der Waals surface area contributed by atoms with Crippen LogP contribution in [0, 0.1) is 23.6 Å². The molecule has 2 aliphatic carbocycles. The number of carbonyl (C=O) groups excluding carboxylic acids is 2. The van der Waals surface area contributed by atoms with Gasteiger partial charge in [-0.3, -0.25) is 9.59 Å². The smallest absolute Gasteiger partial charge is 0.253 e. The fourth-order valence-electron chi connectivity index (χ4n) is 5.96. The van der Waals surface area contributed by atoms with Crippen molar-refractivity contribution in [2.24, 2.45) is 23.5 Å². The maximum Gasteiger partial charge on any atom is 0.253 e. The van der Waals surface area contributed by atoms with Crippen LogP contribution in [0.4, 0.5) is 21.8 Å². The first-order valence-corrected chi connectivity index (χ1v) is 13.0. The van der Waals surface area contributed by atoms with Gasteiger partial charge < -0.3 is 21.3 Å². The summed E-state index contributed by atoms with van der Waals surface area (Å²) < 4.78 is 14.8. The summed E-state index contributed by atoms with van der Waals surface area (Å²) in [6, 6.07) is 13.4. The van der Waals surface area contributed by atoms with Crippen molar-refractivity contribution in [3.05, 3.63) is 78.3 Å². The highest BCUT2D eigenvalue weighted by atomic mass is 19.1. The average molecular weight is 513 g/mol. The molecule has 3 aromatic rings. The third-order valence-electron chi connectivity index (χ3n) is 7.80. The van der Waals surface area contributed by atoms with Gasteiger partial charge in [0.2, 0.25) is 11.9 Å². The first-order chi connectivity index (χ1) is 18.5. The van der Waals surface area contributed by atoms with Gasteiger partial charge in [-0.2, -0.15) is 4.98 Å². The Balaban J connectivity index is 1.32. The molecule has 2 heterocycles. The minimum atomic E-state index is -0.396. The molecular formula is C29H29FN6O2. The molecule has 3 aliphatic rings. The molecule has 0 unspecified atom stereocenters. The third kappa shape index (κ3) is 4.49. The summed E-state index contributed by atoms with van der Waals surface area (Å²) in [6.07, 6.45) is 8.62. The maximum atomic E-state index is 14.8. The Hall–Kier alpha value is -4.27. The SMILES string of the molecule is NC(=O)[C@@H]1[C@H](Nc2nc(Nc3cccc(C(=O)N4CCCC4)c3)ncc2-c2ccccc2F)[C@H]2C=C[C@@H]1C2. The van der Waals surface area contributed by atoms with E-state index in [0.29, 0.717) is 28.2 Å². The molecule has 38 heavy (non-hydrogen) atoms. The zero-order valence-corrected chi connectivity index (χ0v) is 20.8. The number of rotatable bonds is 7. The van der Waals surface area contributed by atoms with Crippen LogP contribution >= 0.6 is 0 Å². The Morgan fingerprint density at radius 1 is 1.00 bits per heavy atom. The molecule has 8 nitrogen and oxygen atoms in total. The average Bonchev–Trinajstić information content (AvgIpc) is 3.68. The van der Waals surface area contributed by atoms with Crippen molar-refractivity contribution in [1.29, 1.82) is 0 Å². The third-order valence-corrected chi connectivity index (χ3v) is 7.80. The van der Waals surface area contributed by atoms with Crippen LogP contribution in [0.1, 0.15) is 29.6 Å². The summed E-state index contributed by atoms with van der Waals surface area (Å²) >= 11 is 0. The molecule has 2 bridgehead atoms. The summed E-state index contributed by atoms with van der Waals surface area (Å²) in [5.74, 6) is -0.218. The zero-order chi connectivity index (χ0) is 26.2. The molecule has 0 spiro atoms. The van der Waals surface area contributed by atoms with Crippen molar-refractivity contribution in [2.75, 3.05) is 23.7 Å². The summed E-state index contributed by atoms with van der Waals surface area (Å²) in [5.41, 5.74) is 7.87. The first-order valence-electron chi connectivity index (χ1n) is 13.0. The maximum absolute atomic E-state index is 14.8. The van der Waals surface area contributed by atoms with E-state index in [1.807, 2.05) is 17.0 Å². The minimum absolute atomic E-state index is 0.00570. The number of carbonyl (C=O) groups is 2. The molecule has 2 aromatic carbocycles. The molecule has 0 radical (unpaired) electrons. The largest absolute Gasteiger partial charge is 0.369 e. The number of hydrogen-bond acceptors (Lipinski definition) is 6. The van der Waals surface area contributed by atoms with E-state index in [9.17, 15) is 14.0 Å². The number of allylic oxidation sites excluding steroid dienone is 1. The van der Waals surface area contributed by atoms with Crippen molar-refractivity contribution in [1.82, 2.24) is 14.9 Å². The molecule has 1 aliphatic heterocycles. The van der Waals surface area contributed by atoms with Crippen molar-refractivity contribution >= 4 is 29.3 Å². The lowest BCUT2D eigenvalue weighted by molar-refractivity contribution is -0.122. The Kier molecular flexibility index (Phi) is 6.27. The van der Waals surface area contributed by atoms with Crippen LogP contribution < -0.4 is 16.4 Å². The molecule has 2 amide bonds. The molecular weight excluding hydrogens is 483 g/mol. The molecule has 1 saturated carbocycles. The van der Waals surface area contributed by atoms with Gasteiger partial charge in [0.05, 0.1) is 5.92 Å². The molecule has 9 heteroatoms. The minimum Gasteiger partial charge on any atom is -0.369 e. The van der Waals surface area contributed by atoms with Gasteiger partial charge in [0.15, 0.2) is 0 Å². The van der Waals surface area contributed by atoms with Crippen LogP contribution in [0.3, 0.4) is 0 Å². The standard InChI is InChI=1S/C29H29FN6O2/c30-23-9-2-1-8-21(23)22-16-32-29(33-20-7-5-6-19(15-20)28(38)36-12-3-4-13-36)35-27(22)34-25-18-11-10-17(14-18)24(25)26(31)37/h1-2,5-11,15-18,24-25H,3-4,12-14H2,(H2,31,37)(H2,32,33,34,35)/t17-,18+,24+,25-/m1/s1. The molecule has 194 valence electrons. The number of nitrogens with two attached hydrogens (primary N) is 1.